The summed E-state index contributed by atoms with van der Waals surface area (Å²) in [7, 11) is 1.71. The maximum Gasteiger partial charge on any atom is 0.0933 e. The van der Waals surface area contributed by atoms with Gasteiger partial charge in [-0.2, -0.15) is 0 Å². The number of hydrogen-bond donors (Lipinski definition) is 1. The largest absolute Gasteiger partial charge is 0.380 e. The molecule has 1 fully saturated rings. The van der Waals surface area contributed by atoms with E-state index in [1.807, 2.05) is 0 Å². The minimum absolute atomic E-state index is 0.202. The monoisotopic (exact) mass is 213 g/mol. The molecule has 2 N–H and O–H groups in total. The van der Waals surface area contributed by atoms with Crippen molar-refractivity contribution in [1.82, 2.24) is 0 Å². The van der Waals surface area contributed by atoms with Gasteiger partial charge in [0.2, 0.25) is 0 Å². The third kappa shape index (κ3) is 2.15. The van der Waals surface area contributed by atoms with E-state index in [9.17, 15) is 0 Å². The molecule has 4 heteroatoms. The fraction of sp³-hybridized carbons (Fsp3) is 0.600. The topological polar surface area (TPSA) is 44.5 Å². The van der Waals surface area contributed by atoms with Gasteiger partial charge in [-0.1, -0.05) is 0 Å². The Labute approximate surface area is 87.8 Å². The summed E-state index contributed by atoms with van der Waals surface area (Å²) in [5.41, 5.74) is 7.00. The molecule has 1 aliphatic rings. The van der Waals surface area contributed by atoms with E-state index < -0.39 is 0 Å². The number of nitrogens with two attached hydrogens (primary N) is 1. The van der Waals surface area contributed by atoms with Crippen LogP contribution in [0.3, 0.4) is 0 Å². The van der Waals surface area contributed by atoms with Gasteiger partial charge in [0.1, 0.15) is 0 Å². The molecule has 1 aliphatic heterocycles. The first-order chi connectivity index (χ1) is 6.79. The van der Waals surface area contributed by atoms with Crippen molar-refractivity contribution in [2.24, 2.45) is 5.73 Å². The second-order valence-electron chi connectivity index (χ2n) is 3.61. The number of rotatable bonds is 3. The molecular weight excluding hydrogens is 198 g/mol. The molecule has 1 aromatic rings. The van der Waals surface area contributed by atoms with Gasteiger partial charge in [0, 0.05) is 18.0 Å². The van der Waals surface area contributed by atoms with Crippen LogP contribution in [0.25, 0.3) is 0 Å². The number of ether oxygens (including phenoxy) is 2. The van der Waals surface area contributed by atoms with Crippen LogP contribution >= 0.6 is 11.3 Å². The Kier molecular flexibility index (Phi) is 3.18. The summed E-state index contributed by atoms with van der Waals surface area (Å²) >= 11 is 1.73. The van der Waals surface area contributed by atoms with Gasteiger partial charge in [-0.25, -0.2) is 0 Å². The van der Waals surface area contributed by atoms with E-state index in [4.69, 9.17) is 15.2 Å². The Bertz CT molecular complexity index is 300. The van der Waals surface area contributed by atoms with Crippen molar-refractivity contribution in [1.29, 1.82) is 0 Å². The molecule has 78 valence electrons. The SMILES string of the molecule is COCc1csc(C2CC(N)CO2)c1. The van der Waals surface area contributed by atoms with Gasteiger partial charge >= 0.3 is 0 Å². The lowest BCUT2D eigenvalue weighted by Gasteiger charge is -2.04. The fourth-order valence-electron chi connectivity index (χ4n) is 1.65. The highest BCUT2D eigenvalue weighted by Crippen LogP contribution is 2.32. The number of thiophene rings is 1. The molecule has 2 unspecified atom stereocenters. The molecule has 0 spiro atoms. The second kappa shape index (κ2) is 4.40. The highest BCUT2D eigenvalue weighted by molar-refractivity contribution is 7.10. The maximum atomic E-state index is 5.78. The van der Waals surface area contributed by atoms with Crippen LogP contribution in [-0.2, 0) is 16.1 Å². The van der Waals surface area contributed by atoms with Crippen LogP contribution in [0.15, 0.2) is 11.4 Å². The lowest BCUT2D eigenvalue weighted by atomic mass is 10.1. The third-order valence-electron chi connectivity index (χ3n) is 2.33. The molecule has 0 amide bonds. The molecule has 1 aromatic heterocycles. The van der Waals surface area contributed by atoms with E-state index in [1.54, 1.807) is 18.4 Å². The Morgan fingerprint density at radius 3 is 3.21 bits per heavy atom. The minimum Gasteiger partial charge on any atom is -0.380 e. The predicted octanol–water partition coefficient (Wildman–Crippen LogP) is 1.68. The van der Waals surface area contributed by atoms with Gasteiger partial charge in [-0.15, -0.1) is 11.3 Å². The Hall–Kier alpha value is -0.420. The van der Waals surface area contributed by atoms with E-state index in [0.29, 0.717) is 13.2 Å². The van der Waals surface area contributed by atoms with Gasteiger partial charge in [-0.05, 0) is 23.4 Å². The Morgan fingerprint density at radius 1 is 1.71 bits per heavy atom. The zero-order valence-corrected chi connectivity index (χ0v) is 9.05. The number of methoxy groups -OCH3 is 1. The molecule has 2 atom stereocenters. The van der Waals surface area contributed by atoms with Crippen LogP contribution in [0, 0.1) is 0 Å². The normalized spacial score (nSPS) is 27.0. The lowest BCUT2D eigenvalue weighted by molar-refractivity contribution is 0.113. The third-order valence-corrected chi connectivity index (χ3v) is 3.40. The predicted molar refractivity (Wildman–Crippen MR) is 56.3 cm³/mol. The van der Waals surface area contributed by atoms with Crippen LogP contribution < -0.4 is 5.73 Å². The summed E-state index contributed by atoms with van der Waals surface area (Å²) < 4.78 is 10.7. The first-order valence-corrected chi connectivity index (χ1v) is 5.61. The fourth-order valence-corrected chi connectivity index (χ4v) is 2.61. The van der Waals surface area contributed by atoms with Gasteiger partial charge in [0.25, 0.3) is 0 Å². The summed E-state index contributed by atoms with van der Waals surface area (Å²) in [6.07, 6.45) is 1.15. The Balaban J connectivity index is 2.02. The molecule has 0 radical (unpaired) electrons. The van der Waals surface area contributed by atoms with Crippen molar-refractivity contribution in [2.75, 3.05) is 13.7 Å². The standard InChI is InChI=1S/C10H15NO2S/c1-12-4-7-2-10(14-6-7)9-3-8(11)5-13-9/h2,6,8-9H,3-5,11H2,1H3. The maximum absolute atomic E-state index is 5.78. The summed E-state index contributed by atoms with van der Waals surface area (Å²) in [5, 5.41) is 2.12. The summed E-state index contributed by atoms with van der Waals surface area (Å²) in [6.45, 7) is 1.36. The van der Waals surface area contributed by atoms with Crippen molar-refractivity contribution < 1.29 is 9.47 Å². The molecule has 0 saturated carbocycles. The van der Waals surface area contributed by atoms with Crippen LogP contribution in [0.4, 0.5) is 0 Å². The zero-order valence-electron chi connectivity index (χ0n) is 8.23. The first-order valence-electron chi connectivity index (χ1n) is 4.73. The minimum atomic E-state index is 0.202. The van der Waals surface area contributed by atoms with E-state index >= 15 is 0 Å². The van der Waals surface area contributed by atoms with Crippen molar-refractivity contribution >= 4 is 11.3 Å². The molecule has 2 rings (SSSR count). The summed E-state index contributed by atoms with van der Waals surface area (Å²) in [6, 6.07) is 2.35. The van der Waals surface area contributed by atoms with Gasteiger partial charge in [0.15, 0.2) is 0 Å². The highest BCUT2D eigenvalue weighted by atomic mass is 32.1. The first kappa shape index (κ1) is 10.1. The van der Waals surface area contributed by atoms with Crippen LogP contribution in [-0.4, -0.2) is 19.8 Å². The zero-order chi connectivity index (χ0) is 9.97. The number of hydrogen-bond acceptors (Lipinski definition) is 4. The van der Waals surface area contributed by atoms with Crippen molar-refractivity contribution in [2.45, 2.75) is 25.2 Å². The average Bonchev–Trinajstić information content (AvgIpc) is 2.74. The van der Waals surface area contributed by atoms with E-state index in [1.165, 1.54) is 10.4 Å². The Morgan fingerprint density at radius 2 is 2.57 bits per heavy atom. The lowest BCUT2D eigenvalue weighted by Crippen LogP contribution is -2.18. The van der Waals surface area contributed by atoms with Gasteiger partial charge in [0.05, 0.1) is 19.3 Å². The molecule has 14 heavy (non-hydrogen) atoms. The highest BCUT2D eigenvalue weighted by Gasteiger charge is 2.24. The summed E-state index contributed by atoms with van der Waals surface area (Å²) in [5.74, 6) is 0. The van der Waals surface area contributed by atoms with E-state index in [-0.39, 0.29) is 12.1 Å². The van der Waals surface area contributed by atoms with Crippen molar-refractivity contribution in [3.05, 3.63) is 21.9 Å². The van der Waals surface area contributed by atoms with Crippen molar-refractivity contribution in [3.8, 4) is 0 Å². The average molecular weight is 213 g/mol. The molecule has 0 bridgehead atoms. The molecular formula is C10H15NO2S. The van der Waals surface area contributed by atoms with Gasteiger partial charge < -0.3 is 15.2 Å². The smallest absolute Gasteiger partial charge is 0.0933 e. The molecule has 1 saturated heterocycles. The van der Waals surface area contributed by atoms with Crippen molar-refractivity contribution in [3.63, 3.8) is 0 Å². The quantitative estimate of drug-likeness (QED) is 0.831. The molecule has 2 heterocycles. The molecule has 3 nitrogen and oxygen atoms in total. The van der Waals surface area contributed by atoms with Gasteiger partial charge in [-0.3, -0.25) is 0 Å². The molecule has 0 aliphatic carbocycles. The van der Waals surface area contributed by atoms with E-state index in [2.05, 4.69) is 11.4 Å². The van der Waals surface area contributed by atoms with Crippen LogP contribution in [0.5, 0.6) is 0 Å². The van der Waals surface area contributed by atoms with Crippen LogP contribution in [0.1, 0.15) is 23.0 Å². The van der Waals surface area contributed by atoms with Crippen LogP contribution in [0.2, 0.25) is 0 Å². The summed E-state index contributed by atoms with van der Waals surface area (Å²) in [4.78, 5) is 1.27. The molecule has 0 aromatic carbocycles. The second-order valence-corrected chi connectivity index (χ2v) is 4.55. The van der Waals surface area contributed by atoms with E-state index in [0.717, 1.165) is 6.42 Å².